The predicted octanol–water partition coefficient (Wildman–Crippen LogP) is 4.94. The lowest BCUT2D eigenvalue weighted by Gasteiger charge is -2.21. The number of hydrogen-bond acceptors (Lipinski definition) is 8. The van der Waals surface area contributed by atoms with Gasteiger partial charge in [0.1, 0.15) is 10.8 Å². The number of carbonyl (C=O) groups is 1. The molecule has 2 heterocycles. The summed E-state index contributed by atoms with van der Waals surface area (Å²) in [5.41, 5.74) is 3.52. The van der Waals surface area contributed by atoms with Crippen molar-refractivity contribution in [3.63, 3.8) is 0 Å². The Hall–Kier alpha value is -3.66. The van der Waals surface area contributed by atoms with E-state index in [0.29, 0.717) is 46.8 Å². The molecule has 3 aromatic rings. The molecule has 0 unspecified atom stereocenters. The van der Waals surface area contributed by atoms with Gasteiger partial charge in [-0.15, -0.1) is 11.8 Å². The normalized spacial score (nSPS) is 13.9. The molecular formula is C23H22N4O5S. The Morgan fingerprint density at radius 1 is 1.24 bits per heavy atom. The van der Waals surface area contributed by atoms with Crippen LogP contribution in [-0.4, -0.2) is 52.1 Å². The van der Waals surface area contributed by atoms with Crippen molar-refractivity contribution in [1.29, 1.82) is 0 Å². The maximum Gasteiger partial charge on any atom is 0.432 e. The van der Waals surface area contributed by atoms with Crippen molar-refractivity contribution in [3.8, 4) is 22.9 Å². The van der Waals surface area contributed by atoms with Crippen LogP contribution in [0.1, 0.15) is 23.4 Å². The van der Waals surface area contributed by atoms with Gasteiger partial charge in [-0.3, -0.25) is 0 Å². The second-order valence-electron chi connectivity index (χ2n) is 7.17. The van der Waals surface area contributed by atoms with Gasteiger partial charge in [-0.2, -0.15) is 9.98 Å². The highest BCUT2D eigenvalue weighted by Crippen LogP contribution is 2.37. The SMILES string of the molecule is COc1cc(C(=Nc2ccc(-c3noc(C)n3)cc2)C(=NC(=O)O)SC)cc2c1OCCC2. The summed E-state index contributed by atoms with van der Waals surface area (Å²) in [5, 5.41) is 13.5. The largest absolute Gasteiger partial charge is 0.493 e. The first-order valence-corrected chi connectivity index (χ1v) is 11.4. The molecule has 0 spiro atoms. The van der Waals surface area contributed by atoms with Gasteiger partial charge < -0.3 is 19.1 Å². The molecule has 0 fully saturated rings. The van der Waals surface area contributed by atoms with Gasteiger partial charge in [0.15, 0.2) is 11.5 Å². The minimum Gasteiger partial charge on any atom is -0.493 e. The van der Waals surface area contributed by atoms with Gasteiger partial charge in [0.25, 0.3) is 0 Å². The van der Waals surface area contributed by atoms with Crippen molar-refractivity contribution in [2.24, 2.45) is 9.98 Å². The van der Waals surface area contributed by atoms with Gasteiger partial charge in [-0.1, -0.05) is 5.16 Å². The number of carboxylic acid groups (broad SMARTS) is 1. The summed E-state index contributed by atoms with van der Waals surface area (Å²) in [6.07, 6.45) is 2.19. The first-order chi connectivity index (χ1) is 16.0. The molecule has 1 N–H and O–H groups in total. The number of aryl methyl sites for hydroxylation is 2. The third-order valence-electron chi connectivity index (χ3n) is 4.95. The first-order valence-electron chi connectivity index (χ1n) is 10.2. The van der Waals surface area contributed by atoms with E-state index in [1.54, 1.807) is 38.5 Å². The molecule has 33 heavy (non-hydrogen) atoms. The van der Waals surface area contributed by atoms with E-state index in [2.05, 4.69) is 15.1 Å². The number of benzene rings is 2. The zero-order chi connectivity index (χ0) is 23.4. The Kier molecular flexibility index (Phi) is 6.74. The summed E-state index contributed by atoms with van der Waals surface area (Å²) in [4.78, 5) is 24.1. The van der Waals surface area contributed by atoms with Gasteiger partial charge in [0, 0.05) is 18.1 Å². The molecule has 0 atom stereocenters. The van der Waals surface area contributed by atoms with E-state index in [1.165, 1.54) is 11.8 Å². The number of aliphatic imine (C=N–C) groups is 2. The number of thioether (sulfide) groups is 1. The van der Waals surface area contributed by atoms with E-state index in [0.717, 1.165) is 24.0 Å². The van der Waals surface area contributed by atoms with Crippen molar-refractivity contribution < 1.29 is 23.9 Å². The summed E-state index contributed by atoms with van der Waals surface area (Å²) >= 11 is 1.21. The number of fused-ring (bicyclic) bond motifs is 1. The van der Waals surface area contributed by atoms with E-state index in [9.17, 15) is 9.90 Å². The highest BCUT2D eigenvalue weighted by Gasteiger charge is 2.21. The Morgan fingerprint density at radius 2 is 2.03 bits per heavy atom. The topological polar surface area (TPSA) is 119 Å². The van der Waals surface area contributed by atoms with E-state index in [-0.39, 0.29) is 5.04 Å². The highest BCUT2D eigenvalue weighted by atomic mass is 32.2. The zero-order valence-electron chi connectivity index (χ0n) is 18.4. The summed E-state index contributed by atoms with van der Waals surface area (Å²) in [6.45, 7) is 2.36. The Labute approximate surface area is 194 Å². The maximum atomic E-state index is 11.4. The molecule has 1 aliphatic heterocycles. The van der Waals surface area contributed by atoms with Crippen molar-refractivity contribution >= 4 is 34.3 Å². The Bertz CT molecular complexity index is 1220. The monoisotopic (exact) mass is 466 g/mol. The minimum absolute atomic E-state index is 0.277. The summed E-state index contributed by atoms with van der Waals surface area (Å²) in [5.74, 6) is 2.26. The van der Waals surface area contributed by atoms with Crippen LogP contribution in [0, 0.1) is 6.92 Å². The molecule has 10 heteroatoms. The number of nitrogens with zero attached hydrogens (tertiary/aromatic N) is 4. The molecule has 0 saturated heterocycles. The minimum atomic E-state index is -1.29. The van der Waals surface area contributed by atoms with Crippen LogP contribution in [-0.2, 0) is 6.42 Å². The second kappa shape index (κ2) is 9.86. The fourth-order valence-corrected chi connectivity index (χ4v) is 4.01. The van der Waals surface area contributed by atoms with E-state index in [1.807, 2.05) is 18.2 Å². The molecule has 1 aromatic heterocycles. The van der Waals surface area contributed by atoms with Crippen molar-refractivity contribution in [2.45, 2.75) is 19.8 Å². The van der Waals surface area contributed by atoms with Crippen LogP contribution < -0.4 is 9.47 Å². The molecule has 1 aliphatic rings. The van der Waals surface area contributed by atoms with E-state index < -0.39 is 6.09 Å². The summed E-state index contributed by atoms with van der Waals surface area (Å²) < 4.78 is 16.4. The Balaban J connectivity index is 1.81. The van der Waals surface area contributed by atoms with Crippen molar-refractivity contribution in [1.82, 2.24) is 10.1 Å². The lowest BCUT2D eigenvalue weighted by molar-refractivity contribution is 0.206. The molecule has 1 amide bonds. The van der Waals surface area contributed by atoms with Crippen LogP contribution in [0.3, 0.4) is 0 Å². The lowest BCUT2D eigenvalue weighted by Crippen LogP contribution is -2.16. The predicted molar refractivity (Wildman–Crippen MR) is 126 cm³/mol. The van der Waals surface area contributed by atoms with Crippen LogP contribution in [0.2, 0.25) is 0 Å². The van der Waals surface area contributed by atoms with Crippen LogP contribution in [0.25, 0.3) is 11.4 Å². The van der Waals surface area contributed by atoms with Crippen LogP contribution in [0.15, 0.2) is 50.9 Å². The number of ether oxygens (including phenoxy) is 2. The van der Waals surface area contributed by atoms with Gasteiger partial charge in [-0.25, -0.2) is 9.79 Å². The number of methoxy groups -OCH3 is 1. The molecule has 4 rings (SSSR count). The summed E-state index contributed by atoms with van der Waals surface area (Å²) in [6, 6.07) is 11.0. The zero-order valence-corrected chi connectivity index (χ0v) is 19.2. The quantitative estimate of drug-likeness (QED) is 0.415. The average molecular weight is 467 g/mol. The number of aromatic nitrogens is 2. The Morgan fingerprint density at radius 3 is 2.67 bits per heavy atom. The fraction of sp³-hybridized carbons (Fsp3) is 0.261. The lowest BCUT2D eigenvalue weighted by atomic mass is 10.00. The number of hydrogen-bond donors (Lipinski definition) is 1. The van der Waals surface area contributed by atoms with E-state index in [4.69, 9.17) is 19.0 Å². The molecule has 0 radical (unpaired) electrons. The number of amides is 1. The molecule has 2 aromatic carbocycles. The average Bonchev–Trinajstić information content (AvgIpc) is 3.27. The summed E-state index contributed by atoms with van der Waals surface area (Å²) in [7, 11) is 1.58. The van der Waals surface area contributed by atoms with Gasteiger partial charge >= 0.3 is 6.09 Å². The molecular weight excluding hydrogens is 444 g/mol. The van der Waals surface area contributed by atoms with Gasteiger partial charge in [-0.05, 0) is 61.1 Å². The second-order valence-corrected chi connectivity index (χ2v) is 7.96. The van der Waals surface area contributed by atoms with E-state index >= 15 is 0 Å². The maximum absolute atomic E-state index is 11.4. The van der Waals surface area contributed by atoms with Crippen molar-refractivity contribution in [3.05, 3.63) is 53.4 Å². The van der Waals surface area contributed by atoms with Crippen molar-refractivity contribution in [2.75, 3.05) is 20.0 Å². The third-order valence-corrected chi connectivity index (χ3v) is 5.62. The fourth-order valence-electron chi connectivity index (χ4n) is 3.48. The number of rotatable bonds is 5. The van der Waals surface area contributed by atoms with Crippen LogP contribution in [0.4, 0.5) is 10.5 Å². The molecule has 0 saturated carbocycles. The van der Waals surface area contributed by atoms with Crippen LogP contribution >= 0.6 is 11.8 Å². The van der Waals surface area contributed by atoms with Crippen LogP contribution in [0.5, 0.6) is 11.5 Å². The highest BCUT2D eigenvalue weighted by molar-refractivity contribution is 8.15. The standard InChI is InChI=1S/C23H22N4O5S/c1-13-24-21(27-32-13)14-6-8-17(9-7-14)25-19(22(33-3)26-23(28)29)16-11-15-5-4-10-31-20(15)18(12-16)30-2/h6-9,11-12H,4-5,10H2,1-3H3,(H,28,29). The van der Waals surface area contributed by atoms with Gasteiger partial charge in [0.2, 0.25) is 11.7 Å². The smallest absolute Gasteiger partial charge is 0.432 e. The molecule has 0 aliphatic carbocycles. The molecule has 9 nitrogen and oxygen atoms in total. The molecule has 170 valence electrons. The molecule has 0 bridgehead atoms. The van der Waals surface area contributed by atoms with Gasteiger partial charge in [0.05, 0.1) is 19.4 Å². The first kappa shape index (κ1) is 22.5. The third kappa shape index (κ3) is 5.06.